The molecule has 0 saturated heterocycles. The van der Waals surface area contributed by atoms with Crippen LogP contribution in [0.5, 0.6) is 0 Å². The van der Waals surface area contributed by atoms with Crippen molar-refractivity contribution in [3.05, 3.63) is 47.6 Å². The largest absolute Gasteiger partial charge is 0.463 e. The van der Waals surface area contributed by atoms with Crippen molar-refractivity contribution in [2.75, 3.05) is 6.61 Å². The molecule has 3 aliphatic carbocycles. The van der Waals surface area contributed by atoms with Gasteiger partial charge in [0.25, 0.3) is 0 Å². The van der Waals surface area contributed by atoms with Gasteiger partial charge in [0.1, 0.15) is 0 Å². The van der Waals surface area contributed by atoms with Crippen molar-refractivity contribution >= 4 is 22.6 Å². The molecule has 0 spiro atoms. The molecular formula is C44H78O5Si2. The van der Waals surface area contributed by atoms with E-state index in [1.54, 1.807) is 5.57 Å². The van der Waals surface area contributed by atoms with Crippen LogP contribution in [-0.2, 0) is 18.4 Å². The number of hydrogen-bond acceptors (Lipinski definition) is 5. The standard InChI is InChI=1S/C44H78O5Si2/c1-18-47-41(46)32(6)40(29(2)3)38(45)26-30(4)36-23-24-37-33(20-19-25-44(36,37)13)21-22-34-27-35(48-50(14,15)42(7,8)9)28-39(31(34)5)49-51(16,17)43(10,11)12/h21-22,29-30,35-40,45H,5-6,18-20,23-28H2,1-4,7-17H3/b33-21+,34-22-/t30-,35-,36-,37+,38?,39+,40?,44-/m1/s1. The van der Waals surface area contributed by atoms with E-state index < -0.39 is 22.7 Å². The molecule has 0 aliphatic heterocycles. The molecule has 0 radical (unpaired) electrons. The van der Waals surface area contributed by atoms with E-state index >= 15 is 0 Å². The van der Waals surface area contributed by atoms with Crippen molar-refractivity contribution in [2.24, 2.45) is 35.0 Å². The zero-order valence-electron chi connectivity index (χ0n) is 35.6. The molecule has 51 heavy (non-hydrogen) atoms. The van der Waals surface area contributed by atoms with E-state index in [1.807, 2.05) is 6.92 Å². The normalized spacial score (nSPS) is 30.0. The fraction of sp³-hybridized carbons (Fsp3) is 0.795. The lowest BCUT2D eigenvalue weighted by Crippen LogP contribution is -2.49. The highest BCUT2D eigenvalue weighted by atomic mass is 28.4. The first-order chi connectivity index (χ1) is 23.3. The van der Waals surface area contributed by atoms with Crippen LogP contribution in [0.3, 0.4) is 0 Å². The Morgan fingerprint density at radius 1 is 1.00 bits per heavy atom. The summed E-state index contributed by atoms with van der Waals surface area (Å²) in [5, 5.41) is 11.8. The molecule has 0 bridgehead atoms. The van der Waals surface area contributed by atoms with Gasteiger partial charge in [0.15, 0.2) is 16.6 Å². The zero-order valence-corrected chi connectivity index (χ0v) is 37.6. The second-order valence-corrected chi connectivity index (χ2v) is 29.7. The fourth-order valence-electron chi connectivity index (χ4n) is 9.11. The molecule has 292 valence electrons. The maximum absolute atomic E-state index is 12.6. The zero-order chi connectivity index (χ0) is 38.9. The number of carbonyl (C=O) groups is 1. The highest BCUT2D eigenvalue weighted by Gasteiger charge is 2.51. The van der Waals surface area contributed by atoms with Crippen LogP contribution in [0.4, 0.5) is 0 Å². The summed E-state index contributed by atoms with van der Waals surface area (Å²) in [6, 6.07) is 0. The lowest BCUT2D eigenvalue weighted by Gasteiger charge is -2.46. The minimum absolute atomic E-state index is 0.0200. The third kappa shape index (κ3) is 10.1. The predicted octanol–water partition coefficient (Wildman–Crippen LogP) is 12.0. The molecule has 3 saturated carbocycles. The minimum atomic E-state index is -2.02. The molecule has 0 aromatic carbocycles. The van der Waals surface area contributed by atoms with Crippen molar-refractivity contribution in [1.29, 1.82) is 0 Å². The van der Waals surface area contributed by atoms with Crippen LogP contribution in [0.2, 0.25) is 36.3 Å². The SMILES string of the molecule is C=C(C(=O)OCC)C(C(C)C)C(O)C[C@@H](C)[C@H]1CC[C@H]2/C(=C/C=C3/C[C@@H](O[Si](C)(C)C(C)(C)C)C[C@H](O[Si](C)(C)C(C)(C)C)C3=C)CCC[C@]12C. The number of fused-ring (bicyclic) bond motifs is 1. The molecule has 3 aliphatic rings. The quantitative estimate of drug-likeness (QED) is 0.116. The molecule has 1 N–H and O–H groups in total. The summed E-state index contributed by atoms with van der Waals surface area (Å²) in [5.74, 6) is 0.806. The Kier molecular flexibility index (Phi) is 14.4. The summed E-state index contributed by atoms with van der Waals surface area (Å²) >= 11 is 0. The van der Waals surface area contributed by atoms with Crippen LogP contribution in [0, 0.1) is 35.0 Å². The van der Waals surface area contributed by atoms with E-state index in [0.717, 1.165) is 24.8 Å². The average molecular weight is 743 g/mol. The van der Waals surface area contributed by atoms with Gasteiger partial charge in [-0.1, -0.05) is 100 Å². The Morgan fingerprint density at radius 2 is 1.59 bits per heavy atom. The second-order valence-electron chi connectivity index (χ2n) is 20.2. The van der Waals surface area contributed by atoms with E-state index in [0.29, 0.717) is 36.4 Å². The van der Waals surface area contributed by atoms with E-state index in [9.17, 15) is 9.90 Å². The molecule has 2 unspecified atom stereocenters. The highest BCUT2D eigenvalue weighted by Crippen LogP contribution is 2.60. The number of aliphatic hydroxyl groups is 1. The number of carbonyl (C=O) groups excluding carboxylic acids is 1. The lowest BCUT2D eigenvalue weighted by molar-refractivity contribution is -0.140. The first kappa shape index (κ1) is 44.1. The summed E-state index contributed by atoms with van der Waals surface area (Å²) in [6.45, 7) is 43.2. The monoisotopic (exact) mass is 743 g/mol. The summed E-state index contributed by atoms with van der Waals surface area (Å²) in [6.07, 6.45) is 12.7. The number of ether oxygens (including phenoxy) is 1. The molecule has 5 nitrogen and oxygen atoms in total. The van der Waals surface area contributed by atoms with E-state index in [4.69, 9.17) is 13.6 Å². The smallest absolute Gasteiger partial charge is 0.333 e. The first-order valence-corrected chi connectivity index (χ1v) is 26.1. The van der Waals surface area contributed by atoms with Crippen molar-refractivity contribution in [3.63, 3.8) is 0 Å². The molecule has 3 rings (SSSR count). The highest BCUT2D eigenvalue weighted by molar-refractivity contribution is 6.74. The van der Waals surface area contributed by atoms with Gasteiger partial charge < -0.3 is 18.7 Å². The van der Waals surface area contributed by atoms with Crippen LogP contribution in [0.25, 0.3) is 0 Å². The van der Waals surface area contributed by atoms with E-state index in [2.05, 4.69) is 121 Å². The summed E-state index contributed by atoms with van der Waals surface area (Å²) in [5.41, 5.74) is 4.60. The molecule has 8 atom stereocenters. The van der Waals surface area contributed by atoms with Gasteiger partial charge in [0.05, 0.1) is 24.9 Å². The van der Waals surface area contributed by atoms with Crippen molar-refractivity contribution in [2.45, 2.75) is 182 Å². The van der Waals surface area contributed by atoms with Gasteiger partial charge in [-0.2, -0.15) is 0 Å². The molecule has 0 amide bonds. The molecule has 0 heterocycles. The summed E-state index contributed by atoms with van der Waals surface area (Å²) in [4.78, 5) is 12.6. The van der Waals surface area contributed by atoms with Crippen molar-refractivity contribution in [1.82, 2.24) is 0 Å². The van der Waals surface area contributed by atoms with Crippen LogP contribution in [-0.4, -0.2) is 52.6 Å². The lowest BCUT2D eigenvalue weighted by atomic mass is 9.60. The Morgan fingerprint density at radius 3 is 2.14 bits per heavy atom. The Balaban J connectivity index is 1.87. The number of esters is 1. The number of allylic oxidation sites excluding steroid dienone is 3. The number of rotatable bonds is 13. The Labute approximate surface area is 316 Å². The van der Waals surface area contributed by atoms with E-state index in [-0.39, 0.29) is 45.5 Å². The topological polar surface area (TPSA) is 65.0 Å². The Bertz CT molecular complexity index is 1310. The maximum Gasteiger partial charge on any atom is 0.333 e. The van der Waals surface area contributed by atoms with Gasteiger partial charge in [-0.05, 0) is 128 Å². The third-order valence-electron chi connectivity index (χ3n) is 14.1. The molecule has 3 fully saturated rings. The average Bonchev–Trinajstić information content (AvgIpc) is 3.34. The predicted molar refractivity (Wildman–Crippen MR) is 221 cm³/mol. The van der Waals surface area contributed by atoms with Crippen molar-refractivity contribution in [3.8, 4) is 0 Å². The Hall–Kier alpha value is -1.26. The van der Waals surface area contributed by atoms with Gasteiger partial charge in [0.2, 0.25) is 0 Å². The van der Waals surface area contributed by atoms with Gasteiger partial charge >= 0.3 is 5.97 Å². The number of aliphatic hydroxyl groups excluding tert-OH is 1. The van der Waals surface area contributed by atoms with Crippen LogP contribution in [0.15, 0.2) is 47.6 Å². The minimum Gasteiger partial charge on any atom is -0.463 e. The fourth-order valence-corrected chi connectivity index (χ4v) is 11.8. The summed E-state index contributed by atoms with van der Waals surface area (Å²) < 4.78 is 19.5. The van der Waals surface area contributed by atoms with Crippen molar-refractivity contribution < 1.29 is 23.5 Å². The van der Waals surface area contributed by atoms with Gasteiger partial charge in [-0.25, -0.2) is 4.79 Å². The van der Waals surface area contributed by atoms with Crippen LogP contribution < -0.4 is 0 Å². The van der Waals surface area contributed by atoms with Gasteiger partial charge in [0, 0.05) is 17.9 Å². The molecule has 7 heteroatoms. The summed E-state index contributed by atoms with van der Waals surface area (Å²) in [7, 11) is -4.00. The second kappa shape index (κ2) is 16.6. The maximum atomic E-state index is 12.6. The number of hydrogen-bond donors (Lipinski definition) is 1. The van der Waals surface area contributed by atoms with E-state index in [1.165, 1.54) is 31.3 Å². The molecular weight excluding hydrogens is 665 g/mol. The molecule has 0 aromatic heterocycles. The van der Waals surface area contributed by atoms with Crippen LogP contribution in [0.1, 0.15) is 128 Å². The van der Waals surface area contributed by atoms with Gasteiger partial charge in [-0.15, -0.1) is 0 Å². The first-order valence-electron chi connectivity index (χ1n) is 20.3. The van der Waals surface area contributed by atoms with Crippen LogP contribution >= 0.6 is 0 Å². The molecule has 0 aromatic rings. The van der Waals surface area contributed by atoms with Gasteiger partial charge in [-0.3, -0.25) is 0 Å². The third-order valence-corrected chi connectivity index (χ3v) is 23.2.